The van der Waals surface area contributed by atoms with Crippen molar-refractivity contribution in [3.63, 3.8) is 0 Å². The van der Waals surface area contributed by atoms with Crippen LogP contribution in [0.4, 0.5) is 0 Å². The Balaban J connectivity index is 1.95. The minimum Gasteiger partial charge on any atom is -0.314 e. The van der Waals surface area contributed by atoms with Crippen LogP contribution in [0.15, 0.2) is 4.36 Å². The zero-order valence-corrected chi connectivity index (χ0v) is 9.68. The van der Waals surface area contributed by atoms with Gasteiger partial charge in [-0.1, -0.05) is 0 Å². The summed E-state index contributed by atoms with van der Waals surface area (Å²) < 4.78 is 16.5. The summed E-state index contributed by atoms with van der Waals surface area (Å²) in [5, 5.41) is 3.40. The first-order valence-corrected chi connectivity index (χ1v) is 7.47. The van der Waals surface area contributed by atoms with Crippen molar-refractivity contribution >= 4 is 9.73 Å². The largest absolute Gasteiger partial charge is 0.314 e. The summed E-state index contributed by atoms with van der Waals surface area (Å²) in [6.45, 7) is 4.12. The van der Waals surface area contributed by atoms with E-state index in [9.17, 15) is 4.21 Å². The standard InChI is InChI=1S/C10H20N2OS/c1-9-10(4-5-11-9)8-12-14(13)6-2-3-7-14/h9-11H,2-8H2,1H3. The van der Waals surface area contributed by atoms with Crippen molar-refractivity contribution < 1.29 is 4.21 Å². The van der Waals surface area contributed by atoms with Crippen molar-refractivity contribution in [3.05, 3.63) is 0 Å². The molecule has 0 amide bonds. The lowest BCUT2D eigenvalue weighted by Crippen LogP contribution is -2.24. The molecule has 0 bridgehead atoms. The van der Waals surface area contributed by atoms with E-state index in [2.05, 4.69) is 16.6 Å². The van der Waals surface area contributed by atoms with Gasteiger partial charge in [0.1, 0.15) is 0 Å². The molecule has 3 nitrogen and oxygen atoms in total. The quantitative estimate of drug-likeness (QED) is 0.754. The van der Waals surface area contributed by atoms with Crippen LogP contribution in [0.1, 0.15) is 26.2 Å². The van der Waals surface area contributed by atoms with Gasteiger partial charge in [-0.3, -0.25) is 0 Å². The van der Waals surface area contributed by atoms with Gasteiger partial charge in [0.2, 0.25) is 0 Å². The molecule has 2 fully saturated rings. The lowest BCUT2D eigenvalue weighted by molar-refractivity contribution is 0.488. The topological polar surface area (TPSA) is 41.5 Å². The highest BCUT2D eigenvalue weighted by Gasteiger charge is 2.23. The lowest BCUT2D eigenvalue weighted by Gasteiger charge is -2.12. The lowest BCUT2D eigenvalue weighted by atomic mass is 10.0. The predicted octanol–water partition coefficient (Wildman–Crippen LogP) is 1.25. The molecule has 0 aliphatic carbocycles. The predicted molar refractivity (Wildman–Crippen MR) is 60.0 cm³/mol. The minimum atomic E-state index is -1.77. The highest BCUT2D eigenvalue weighted by molar-refractivity contribution is 7.93. The Hall–Kier alpha value is -0.0900. The Morgan fingerprint density at radius 2 is 2.14 bits per heavy atom. The zero-order valence-electron chi connectivity index (χ0n) is 8.87. The van der Waals surface area contributed by atoms with Gasteiger partial charge >= 0.3 is 0 Å². The first-order chi connectivity index (χ1) is 6.70. The summed E-state index contributed by atoms with van der Waals surface area (Å²) >= 11 is 0. The van der Waals surface area contributed by atoms with E-state index in [1.807, 2.05) is 0 Å². The fourth-order valence-corrected chi connectivity index (χ4v) is 4.52. The van der Waals surface area contributed by atoms with Crippen LogP contribution in [0.25, 0.3) is 0 Å². The molecule has 0 aromatic carbocycles. The maximum Gasteiger partial charge on any atom is 0.0527 e. The molecule has 14 heavy (non-hydrogen) atoms. The maximum atomic E-state index is 12.1. The number of nitrogens with zero attached hydrogens (tertiary/aromatic N) is 1. The highest BCUT2D eigenvalue weighted by Crippen LogP contribution is 2.18. The molecular formula is C10H20N2OS. The van der Waals surface area contributed by atoms with Gasteiger partial charge in [0.05, 0.1) is 6.54 Å². The number of hydrogen-bond acceptors (Lipinski definition) is 3. The summed E-state index contributed by atoms with van der Waals surface area (Å²) in [5.41, 5.74) is 0. The van der Waals surface area contributed by atoms with Crippen LogP contribution in [0.5, 0.6) is 0 Å². The van der Waals surface area contributed by atoms with Crippen molar-refractivity contribution in [2.75, 3.05) is 24.6 Å². The Kier molecular flexibility index (Phi) is 3.12. The van der Waals surface area contributed by atoms with Gasteiger partial charge in [0.25, 0.3) is 0 Å². The molecule has 0 radical (unpaired) electrons. The molecule has 0 aromatic rings. The van der Waals surface area contributed by atoms with E-state index in [0.717, 1.165) is 37.4 Å². The third kappa shape index (κ3) is 2.28. The van der Waals surface area contributed by atoms with Gasteiger partial charge in [-0.15, -0.1) is 0 Å². The Bertz CT molecular complexity index is 295. The molecule has 82 valence electrons. The average Bonchev–Trinajstić information content (AvgIpc) is 2.73. The summed E-state index contributed by atoms with van der Waals surface area (Å²) in [6, 6.07) is 0.558. The van der Waals surface area contributed by atoms with Crippen LogP contribution in [0.3, 0.4) is 0 Å². The molecule has 2 unspecified atom stereocenters. The van der Waals surface area contributed by atoms with Gasteiger partial charge < -0.3 is 5.32 Å². The minimum absolute atomic E-state index is 0.558. The van der Waals surface area contributed by atoms with Crippen LogP contribution in [-0.4, -0.2) is 34.8 Å². The number of nitrogens with one attached hydrogen (secondary N) is 1. The first kappa shape index (κ1) is 10.4. The Morgan fingerprint density at radius 3 is 2.71 bits per heavy atom. The molecule has 2 atom stereocenters. The molecule has 2 aliphatic heterocycles. The number of rotatable bonds is 2. The summed E-state index contributed by atoms with van der Waals surface area (Å²) in [7, 11) is -1.77. The van der Waals surface area contributed by atoms with Crippen LogP contribution < -0.4 is 5.32 Å². The van der Waals surface area contributed by atoms with Crippen molar-refractivity contribution in [2.24, 2.45) is 10.3 Å². The van der Waals surface area contributed by atoms with E-state index in [4.69, 9.17) is 0 Å². The monoisotopic (exact) mass is 216 g/mol. The third-order valence-corrected chi connectivity index (χ3v) is 5.88. The molecule has 0 saturated carbocycles. The van der Waals surface area contributed by atoms with Crippen molar-refractivity contribution in [2.45, 2.75) is 32.2 Å². The average molecular weight is 216 g/mol. The van der Waals surface area contributed by atoms with Crippen LogP contribution in [0, 0.1) is 5.92 Å². The summed E-state index contributed by atoms with van der Waals surface area (Å²) in [5.74, 6) is 2.32. The van der Waals surface area contributed by atoms with E-state index in [1.54, 1.807) is 0 Å². The fraction of sp³-hybridized carbons (Fsp3) is 1.00. The van der Waals surface area contributed by atoms with E-state index in [0.29, 0.717) is 12.0 Å². The molecule has 2 rings (SSSR count). The Labute approximate surface area is 86.8 Å². The summed E-state index contributed by atoms with van der Waals surface area (Å²) in [6.07, 6.45) is 3.42. The first-order valence-electron chi connectivity index (χ1n) is 5.61. The van der Waals surface area contributed by atoms with Crippen molar-refractivity contribution in [1.82, 2.24) is 5.32 Å². The second-order valence-corrected chi connectivity index (χ2v) is 7.11. The van der Waals surface area contributed by atoms with Crippen molar-refractivity contribution in [3.8, 4) is 0 Å². The molecule has 2 saturated heterocycles. The highest BCUT2D eigenvalue weighted by atomic mass is 32.2. The van der Waals surface area contributed by atoms with Crippen LogP contribution in [0.2, 0.25) is 0 Å². The van der Waals surface area contributed by atoms with Crippen LogP contribution >= 0.6 is 0 Å². The fourth-order valence-electron chi connectivity index (χ4n) is 2.28. The smallest absolute Gasteiger partial charge is 0.0527 e. The maximum absolute atomic E-state index is 12.1. The van der Waals surface area contributed by atoms with Gasteiger partial charge in [0.15, 0.2) is 0 Å². The van der Waals surface area contributed by atoms with E-state index in [1.165, 1.54) is 6.42 Å². The zero-order chi connectivity index (χ0) is 10.0. The normalized spacial score (nSPS) is 36.1. The third-order valence-electron chi connectivity index (χ3n) is 3.41. The molecule has 2 heterocycles. The second-order valence-electron chi connectivity index (χ2n) is 4.49. The van der Waals surface area contributed by atoms with Crippen LogP contribution in [-0.2, 0) is 9.73 Å². The molecule has 0 aromatic heterocycles. The second kappa shape index (κ2) is 4.19. The van der Waals surface area contributed by atoms with Crippen molar-refractivity contribution in [1.29, 1.82) is 0 Å². The van der Waals surface area contributed by atoms with Gasteiger partial charge in [0, 0.05) is 27.3 Å². The van der Waals surface area contributed by atoms with Gasteiger partial charge in [-0.25, -0.2) is 8.57 Å². The van der Waals surface area contributed by atoms with E-state index >= 15 is 0 Å². The van der Waals surface area contributed by atoms with E-state index in [-0.39, 0.29) is 0 Å². The van der Waals surface area contributed by atoms with Gasteiger partial charge in [-0.05, 0) is 38.6 Å². The Morgan fingerprint density at radius 1 is 1.43 bits per heavy atom. The molecule has 1 N–H and O–H groups in total. The SMILES string of the molecule is CC1NCCC1CN=S1(=O)CCCC1. The van der Waals surface area contributed by atoms with Gasteiger partial charge in [-0.2, -0.15) is 0 Å². The molecule has 0 spiro atoms. The molecule has 2 aliphatic rings. The molecular weight excluding hydrogens is 196 g/mol. The number of hydrogen-bond donors (Lipinski definition) is 1. The van der Waals surface area contributed by atoms with E-state index < -0.39 is 9.73 Å². The molecule has 4 heteroatoms. The summed E-state index contributed by atoms with van der Waals surface area (Å²) in [4.78, 5) is 0.